The Kier molecular flexibility index (Phi) is 10.9. The van der Waals surface area contributed by atoms with Gasteiger partial charge in [-0.25, -0.2) is 14.4 Å². The highest BCUT2D eigenvalue weighted by Gasteiger charge is 2.23. The van der Waals surface area contributed by atoms with Crippen LogP contribution in [0, 0.1) is 21.2 Å². The molecule has 0 bridgehead atoms. The molecule has 4 rings (SSSR count). The Balaban J connectivity index is 1.71. The molecule has 9 nitrogen and oxygen atoms in total. The van der Waals surface area contributed by atoms with Crippen LogP contribution in [0.4, 0.5) is 0 Å². The lowest BCUT2D eigenvalue weighted by atomic mass is 10.1. The molecular formula is C28H16I4O9S. The van der Waals surface area contributed by atoms with E-state index in [-0.39, 0.29) is 51.5 Å². The number of ether oxygens (including phenoxy) is 3. The summed E-state index contributed by atoms with van der Waals surface area (Å²) in [4.78, 5) is 38.7. The summed E-state index contributed by atoms with van der Waals surface area (Å²) >= 11 is 7.62. The van der Waals surface area contributed by atoms with Gasteiger partial charge in [-0.15, -0.1) is 0 Å². The average Bonchev–Trinajstić information content (AvgIpc) is 2.90. The number of esters is 3. The second kappa shape index (κ2) is 13.8. The Labute approximate surface area is 295 Å². The van der Waals surface area contributed by atoms with Crippen LogP contribution in [0.2, 0.25) is 0 Å². The number of carbonyl (C=O) groups excluding carboxylic acids is 3. The summed E-state index contributed by atoms with van der Waals surface area (Å²) < 4.78 is 51.7. The Morgan fingerprint density at radius 1 is 0.619 bits per heavy atom. The van der Waals surface area contributed by atoms with Crippen LogP contribution < -0.4 is 14.2 Å². The molecule has 4 aromatic rings. The van der Waals surface area contributed by atoms with Crippen molar-refractivity contribution < 1.29 is 41.6 Å². The minimum Gasteiger partial charge on any atom is -0.423 e. The van der Waals surface area contributed by atoms with E-state index in [4.69, 9.17) is 14.2 Å². The maximum Gasteiger partial charge on any atom is 0.343 e. The molecule has 1 N–H and O–H groups in total. The van der Waals surface area contributed by atoms with E-state index in [1.807, 2.05) is 0 Å². The van der Waals surface area contributed by atoms with Crippen molar-refractivity contribution in [1.82, 2.24) is 0 Å². The molecule has 0 atom stereocenters. The van der Waals surface area contributed by atoms with Crippen molar-refractivity contribution in [2.75, 3.05) is 0 Å². The molecule has 0 aliphatic heterocycles. The molecule has 0 spiro atoms. The van der Waals surface area contributed by atoms with E-state index in [1.54, 1.807) is 101 Å². The summed E-state index contributed by atoms with van der Waals surface area (Å²) in [5.74, 6) is -2.37. The van der Waals surface area contributed by atoms with E-state index in [0.717, 1.165) is 7.14 Å². The van der Waals surface area contributed by atoms with E-state index < -0.39 is 28.0 Å². The minimum atomic E-state index is -4.50. The number of halogens is 4. The van der Waals surface area contributed by atoms with Gasteiger partial charge in [0.2, 0.25) is 0 Å². The van der Waals surface area contributed by atoms with Crippen molar-refractivity contribution in [3.63, 3.8) is 0 Å². The van der Waals surface area contributed by atoms with Crippen LogP contribution in [-0.2, 0) is 10.1 Å². The zero-order chi connectivity index (χ0) is 30.8. The highest BCUT2D eigenvalue weighted by molar-refractivity contribution is 14.1. The molecule has 0 unspecified atom stereocenters. The van der Waals surface area contributed by atoms with Gasteiger partial charge in [-0.1, -0.05) is 0 Å². The fourth-order valence-corrected chi connectivity index (χ4v) is 8.20. The normalized spacial score (nSPS) is 11.1. The zero-order valence-corrected chi connectivity index (χ0v) is 30.5. The summed E-state index contributed by atoms with van der Waals surface area (Å²) in [5, 5.41) is 0. The van der Waals surface area contributed by atoms with Gasteiger partial charge in [-0.3, -0.25) is 4.55 Å². The van der Waals surface area contributed by atoms with Crippen molar-refractivity contribution in [1.29, 1.82) is 0 Å². The second-order valence-electron chi connectivity index (χ2n) is 8.47. The molecule has 14 heteroatoms. The van der Waals surface area contributed by atoms with Crippen LogP contribution in [0.3, 0.4) is 0 Å². The summed E-state index contributed by atoms with van der Waals surface area (Å²) in [6.45, 7) is 1.57. The Hall–Kier alpha value is -1.88. The van der Waals surface area contributed by atoms with Gasteiger partial charge in [0.05, 0.1) is 16.7 Å². The number of rotatable bonds is 7. The van der Waals surface area contributed by atoms with Gasteiger partial charge >= 0.3 is 17.9 Å². The summed E-state index contributed by atoms with van der Waals surface area (Å²) in [6, 6.07) is 18.4. The molecule has 0 aliphatic rings. The highest BCUT2D eigenvalue weighted by atomic mass is 127. The lowest BCUT2D eigenvalue weighted by Gasteiger charge is -2.15. The highest BCUT2D eigenvalue weighted by Crippen LogP contribution is 2.33. The number of carbonyl (C=O) groups is 3. The molecule has 42 heavy (non-hydrogen) atoms. The quantitative estimate of drug-likeness (QED) is 0.0876. The maximum absolute atomic E-state index is 13.2. The minimum absolute atomic E-state index is 0.00311. The molecule has 216 valence electrons. The van der Waals surface area contributed by atoms with Gasteiger partial charge in [-0.2, -0.15) is 8.42 Å². The maximum atomic E-state index is 13.2. The van der Waals surface area contributed by atoms with Gasteiger partial charge in [-0.05, 0) is 170 Å². The SMILES string of the molecule is Cc1c(OC(=O)c2ccc(I)cc2)cc(C(=O)Oc2cc(I)c(S(=O)(=O)O)c(I)c2)cc1OC(=O)c1ccc(I)cc1. The summed E-state index contributed by atoms with van der Waals surface area (Å²) in [7, 11) is -4.50. The molecule has 0 saturated heterocycles. The first kappa shape index (κ1) is 33.0. The fourth-order valence-electron chi connectivity index (χ4n) is 3.49. The van der Waals surface area contributed by atoms with E-state index in [1.165, 1.54) is 24.3 Å². The third kappa shape index (κ3) is 8.18. The van der Waals surface area contributed by atoms with Gasteiger partial charge in [0.15, 0.2) is 0 Å². The van der Waals surface area contributed by atoms with Gasteiger partial charge in [0.1, 0.15) is 22.1 Å². The molecule has 4 aromatic carbocycles. The third-order valence-electron chi connectivity index (χ3n) is 5.55. The first-order valence-electron chi connectivity index (χ1n) is 11.5. The van der Waals surface area contributed by atoms with Crippen molar-refractivity contribution in [3.8, 4) is 17.2 Å². The van der Waals surface area contributed by atoms with E-state index >= 15 is 0 Å². The average molecular weight is 1040 g/mol. The summed E-state index contributed by atoms with van der Waals surface area (Å²) in [5.41, 5.74) is 0.706. The first-order chi connectivity index (χ1) is 19.7. The first-order valence-corrected chi connectivity index (χ1v) is 17.3. The van der Waals surface area contributed by atoms with Crippen molar-refractivity contribution >= 4 is 118 Å². The number of benzene rings is 4. The van der Waals surface area contributed by atoms with E-state index in [9.17, 15) is 27.4 Å². The Morgan fingerprint density at radius 2 is 1.00 bits per heavy atom. The van der Waals surface area contributed by atoms with Gasteiger partial charge in [0, 0.05) is 19.8 Å². The number of hydrogen-bond acceptors (Lipinski definition) is 8. The molecule has 0 heterocycles. The van der Waals surface area contributed by atoms with Crippen molar-refractivity contribution in [3.05, 3.63) is 109 Å². The van der Waals surface area contributed by atoms with E-state index in [2.05, 4.69) is 45.2 Å². The fraction of sp³-hybridized carbons (Fsp3) is 0.0357. The van der Waals surface area contributed by atoms with Crippen LogP contribution in [0.15, 0.2) is 77.7 Å². The largest absolute Gasteiger partial charge is 0.423 e. The molecule has 0 fully saturated rings. The second-order valence-corrected chi connectivity index (χ2v) is 14.6. The summed E-state index contributed by atoms with van der Waals surface area (Å²) in [6.07, 6.45) is 0. The van der Waals surface area contributed by atoms with Crippen LogP contribution >= 0.6 is 90.4 Å². The van der Waals surface area contributed by atoms with Crippen LogP contribution in [-0.4, -0.2) is 30.9 Å². The predicted octanol–water partition coefficient (Wildman–Crippen LogP) is 7.32. The molecule has 0 aromatic heterocycles. The zero-order valence-electron chi connectivity index (χ0n) is 21.1. The molecule has 0 aliphatic carbocycles. The van der Waals surface area contributed by atoms with Crippen molar-refractivity contribution in [2.45, 2.75) is 11.8 Å². The van der Waals surface area contributed by atoms with E-state index in [0.29, 0.717) is 0 Å². The monoisotopic (exact) mass is 1040 g/mol. The standard InChI is InChI=1S/C28H16I4O9S/c1-14-23(40-26(33)15-2-6-18(29)7-3-15)10-17(11-24(14)41-27(34)16-4-8-19(30)9-5-16)28(35)39-20-12-21(31)25(22(32)13-20)42(36,37)38/h2-13H,1H3,(H,36,37,38). The van der Waals surface area contributed by atoms with Gasteiger partial charge < -0.3 is 14.2 Å². The van der Waals surface area contributed by atoms with Crippen LogP contribution in [0.25, 0.3) is 0 Å². The number of hydrogen-bond donors (Lipinski definition) is 1. The third-order valence-corrected chi connectivity index (χ3v) is 10.4. The molecule has 0 radical (unpaired) electrons. The Bertz CT molecular complexity index is 1720. The molecular weight excluding hydrogens is 1020 g/mol. The smallest absolute Gasteiger partial charge is 0.343 e. The van der Waals surface area contributed by atoms with Gasteiger partial charge in [0.25, 0.3) is 10.1 Å². The van der Waals surface area contributed by atoms with Crippen LogP contribution in [0.5, 0.6) is 17.2 Å². The predicted molar refractivity (Wildman–Crippen MR) is 186 cm³/mol. The molecule has 0 saturated carbocycles. The van der Waals surface area contributed by atoms with Crippen LogP contribution in [0.1, 0.15) is 36.6 Å². The van der Waals surface area contributed by atoms with Crippen molar-refractivity contribution in [2.24, 2.45) is 0 Å². The topological polar surface area (TPSA) is 133 Å². The molecule has 0 amide bonds. The lowest BCUT2D eigenvalue weighted by Crippen LogP contribution is -2.15. The Morgan fingerprint density at radius 3 is 1.38 bits per heavy atom. The lowest BCUT2D eigenvalue weighted by molar-refractivity contribution is 0.0703.